The Hall–Kier alpha value is -1.50. The van der Waals surface area contributed by atoms with E-state index in [-0.39, 0.29) is 33.7 Å². The maximum absolute atomic E-state index is 10.7. The molecule has 0 amide bonds. The molecule has 1 fully saturated rings. The molecule has 0 aromatic carbocycles. The van der Waals surface area contributed by atoms with E-state index < -0.39 is 18.4 Å². The highest BCUT2D eigenvalue weighted by Gasteiger charge is 2.19. The molecule has 1 aliphatic heterocycles. The number of carbonyl (C=O) groups is 2. The number of carbonyl (C=O) groups excluding carboxylic acids is 2. The number of cyclic esters (lactones) is 2. The van der Waals surface area contributed by atoms with Crippen molar-refractivity contribution in [3.05, 3.63) is 7.43 Å². The predicted molar refractivity (Wildman–Crippen MR) is 76.7 cm³/mol. The Kier molecular flexibility index (Phi) is 15.7. The summed E-state index contributed by atoms with van der Waals surface area (Å²) in [7, 11) is 0. The minimum atomic E-state index is -0.894. The summed E-state index contributed by atoms with van der Waals surface area (Å²) in [6.45, 7) is 7.14. The fourth-order valence-electron chi connectivity index (χ4n) is 0.885. The van der Waals surface area contributed by atoms with Crippen LogP contribution in [0.3, 0.4) is 0 Å². The van der Waals surface area contributed by atoms with Gasteiger partial charge in [0.1, 0.15) is 18.8 Å². The summed E-state index contributed by atoms with van der Waals surface area (Å²) in [6.07, 6.45) is -1.66. The molecular formula is C14H28O7-2. The van der Waals surface area contributed by atoms with Crippen molar-refractivity contribution in [3.63, 3.8) is 0 Å². The molecule has 21 heavy (non-hydrogen) atoms. The van der Waals surface area contributed by atoms with Crippen LogP contribution in [-0.2, 0) is 18.9 Å². The van der Waals surface area contributed by atoms with Crippen LogP contribution in [0.4, 0.5) is 9.59 Å². The van der Waals surface area contributed by atoms with Crippen molar-refractivity contribution in [1.82, 2.24) is 0 Å². The highest BCUT2D eigenvalue weighted by Crippen LogP contribution is 2.03. The number of ether oxygens (including phenoxy) is 4. The molecule has 128 valence electrons. The fourth-order valence-corrected chi connectivity index (χ4v) is 0.885. The van der Waals surface area contributed by atoms with E-state index in [4.69, 9.17) is 4.74 Å². The van der Waals surface area contributed by atoms with Gasteiger partial charge in [-0.25, -0.2) is 9.59 Å². The quantitative estimate of drug-likeness (QED) is 0.581. The Labute approximate surface area is 127 Å². The Balaban J connectivity index is -0.000000310. The van der Waals surface area contributed by atoms with Crippen LogP contribution in [0.15, 0.2) is 0 Å². The van der Waals surface area contributed by atoms with E-state index in [1.807, 2.05) is 6.92 Å². The Morgan fingerprint density at radius 1 is 1.48 bits per heavy atom. The maximum atomic E-state index is 10.7. The lowest BCUT2D eigenvalue weighted by Crippen LogP contribution is -2.29. The lowest BCUT2D eigenvalue weighted by molar-refractivity contribution is -0.419. The zero-order valence-electron chi connectivity index (χ0n) is 12.7. The largest absolute Gasteiger partial charge is 0.850 e. The monoisotopic (exact) mass is 308 g/mol. The van der Waals surface area contributed by atoms with Crippen molar-refractivity contribution in [3.8, 4) is 0 Å². The SMILES string of the molecule is C.CC1COC(=O)O1.CCC(C)OC(=O)OCC(C)[O-].[CH3-]. The molecule has 0 N–H and O–H groups in total. The minimum Gasteiger partial charge on any atom is -0.850 e. The Morgan fingerprint density at radius 2 is 2.05 bits per heavy atom. The first-order valence-electron chi connectivity index (χ1n) is 6.17. The van der Waals surface area contributed by atoms with Crippen LogP contribution in [0.1, 0.15) is 41.5 Å². The molecule has 1 aliphatic rings. The van der Waals surface area contributed by atoms with E-state index in [0.717, 1.165) is 6.42 Å². The van der Waals surface area contributed by atoms with E-state index in [0.29, 0.717) is 6.61 Å². The van der Waals surface area contributed by atoms with Gasteiger partial charge in [0.05, 0.1) is 6.61 Å². The summed E-state index contributed by atoms with van der Waals surface area (Å²) in [5, 5.41) is 10.5. The molecule has 0 aromatic heterocycles. The van der Waals surface area contributed by atoms with Crippen molar-refractivity contribution in [2.75, 3.05) is 13.2 Å². The molecule has 7 nitrogen and oxygen atoms in total. The van der Waals surface area contributed by atoms with E-state index in [1.165, 1.54) is 6.92 Å². The van der Waals surface area contributed by atoms with Crippen LogP contribution in [0, 0.1) is 7.43 Å². The lowest BCUT2D eigenvalue weighted by Gasteiger charge is -2.16. The molecule has 0 radical (unpaired) electrons. The standard InChI is InChI=1S/C8H15O4.C4H6O3.CH4.CH3/c1-4-7(3)12-8(10)11-5-6(2)9;1-3-2-6-4(5)7-3;;/h6-7H,4-5H2,1-3H3;3H,2H2,1H3;1H4;1H3/q-1;;;-1. The average molecular weight is 308 g/mol. The van der Waals surface area contributed by atoms with Crippen molar-refractivity contribution < 1.29 is 33.6 Å². The second-order valence-corrected chi connectivity index (χ2v) is 4.20. The minimum absolute atomic E-state index is 0. The highest BCUT2D eigenvalue weighted by atomic mass is 16.8. The van der Waals surface area contributed by atoms with Gasteiger partial charge in [0.15, 0.2) is 0 Å². The van der Waals surface area contributed by atoms with Gasteiger partial charge in [-0.3, -0.25) is 0 Å². The van der Waals surface area contributed by atoms with Crippen molar-refractivity contribution in [2.45, 2.75) is 59.9 Å². The van der Waals surface area contributed by atoms with Crippen molar-refractivity contribution in [2.24, 2.45) is 0 Å². The van der Waals surface area contributed by atoms with Crippen molar-refractivity contribution in [1.29, 1.82) is 0 Å². The van der Waals surface area contributed by atoms with Gasteiger partial charge in [-0.05, 0) is 20.3 Å². The van der Waals surface area contributed by atoms with Gasteiger partial charge in [0, 0.05) is 0 Å². The van der Waals surface area contributed by atoms with Crippen molar-refractivity contribution >= 4 is 12.3 Å². The predicted octanol–water partition coefficient (Wildman–Crippen LogP) is 2.31. The molecule has 0 saturated carbocycles. The first kappa shape index (κ1) is 24.5. The third-order valence-corrected chi connectivity index (χ3v) is 2.04. The molecular weight excluding hydrogens is 280 g/mol. The number of hydrogen-bond acceptors (Lipinski definition) is 7. The van der Waals surface area contributed by atoms with Gasteiger partial charge in [0.2, 0.25) is 0 Å². The first-order valence-corrected chi connectivity index (χ1v) is 6.17. The molecule has 0 bridgehead atoms. The van der Waals surface area contributed by atoms with Gasteiger partial charge in [-0.1, -0.05) is 27.4 Å². The normalized spacial score (nSPS) is 18.3. The molecule has 0 aliphatic carbocycles. The molecule has 3 atom stereocenters. The van der Waals surface area contributed by atoms with Crippen LogP contribution in [0.2, 0.25) is 0 Å². The van der Waals surface area contributed by atoms with Crippen LogP contribution < -0.4 is 5.11 Å². The number of rotatable bonds is 4. The van der Waals surface area contributed by atoms with Gasteiger partial charge < -0.3 is 31.5 Å². The second kappa shape index (κ2) is 13.5. The summed E-state index contributed by atoms with van der Waals surface area (Å²) in [4.78, 5) is 20.7. The molecule has 0 aromatic rings. The smallest absolute Gasteiger partial charge is 0.508 e. The Morgan fingerprint density at radius 3 is 2.33 bits per heavy atom. The van der Waals surface area contributed by atoms with E-state index in [9.17, 15) is 14.7 Å². The molecule has 0 spiro atoms. The first-order chi connectivity index (χ1) is 8.85. The van der Waals surface area contributed by atoms with Crippen LogP contribution in [-0.4, -0.2) is 43.8 Å². The van der Waals surface area contributed by atoms with E-state index >= 15 is 0 Å². The highest BCUT2D eigenvalue weighted by molar-refractivity contribution is 5.61. The van der Waals surface area contributed by atoms with Gasteiger partial charge in [-0.2, -0.15) is 0 Å². The third-order valence-electron chi connectivity index (χ3n) is 2.04. The summed E-state index contributed by atoms with van der Waals surface area (Å²) in [5.41, 5.74) is 0. The fraction of sp³-hybridized carbons (Fsp3) is 0.786. The summed E-state index contributed by atoms with van der Waals surface area (Å²) >= 11 is 0. The molecule has 1 heterocycles. The van der Waals surface area contributed by atoms with Gasteiger partial charge in [0.25, 0.3) is 0 Å². The summed E-state index contributed by atoms with van der Waals surface area (Å²) in [6, 6.07) is 0. The summed E-state index contributed by atoms with van der Waals surface area (Å²) < 4.78 is 18.2. The molecule has 3 unspecified atom stereocenters. The van der Waals surface area contributed by atoms with Crippen LogP contribution in [0.5, 0.6) is 0 Å². The average Bonchev–Trinajstić information content (AvgIpc) is 2.71. The topological polar surface area (TPSA) is 94.1 Å². The maximum Gasteiger partial charge on any atom is 0.508 e. The zero-order chi connectivity index (χ0) is 14.8. The van der Waals surface area contributed by atoms with Crippen LogP contribution in [0.25, 0.3) is 0 Å². The van der Waals surface area contributed by atoms with Gasteiger partial charge >= 0.3 is 12.3 Å². The zero-order valence-corrected chi connectivity index (χ0v) is 12.7. The number of hydrogen-bond donors (Lipinski definition) is 0. The summed E-state index contributed by atoms with van der Waals surface area (Å²) in [5.74, 6) is 0. The second-order valence-electron chi connectivity index (χ2n) is 4.20. The van der Waals surface area contributed by atoms with E-state index in [1.54, 1.807) is 13.8 Å². The Bertz CT molecular complexity index is 278. The molecule has 7 heteroatoms. The molecule has 1 rings (SSSR count). The third kappa shape index (κ3) is 14.7. The van der Waals surface area contributed by atoms with Gasteiger partial charge in [-0.15, -0.1) is 0 Å². The lowest BCUT2D eigenvalue weighted by atomic mass is 10.3. The molecule has 1 saturated heterocycles. The van der Waals surface area contributed by atoms with Crippen LogP contribution >= 0.6 is 0 Å². The van der Waals surface area contributed by atoms with E-state index in [2.05, 4.69) is 14.2 Å².